The van der Waals surface area contributed by atoms with E-state index in [9.17, 15) is 0 Å². The van der Waals surface area contributed by atoms with Crippen molar-refractivity contribution in [2.24, 2.45) is 0 Å². The number of nitrogens with zero attached hydrogens (tertiary/aromatic N) is 1. The summed E-state index contributed by atoms with van der Waals surface area (Å²) in [5, 5.41) is 4.76. The predicted molar refractivity (Wildman–Crippen MR) is 111 cm³/mol. The van der Waals surface area contributed by atoms with Gasteiger partial charge in [0.05, 0.1) is 0 Å². The maximum Gasteiger partial charge on any atom is 0.120 e. The van der Waals surface area contributed by atoms with Crippen molar-refractivity contribution in [3.8, 4) is 5.75 Å². The summed E-state index contributed by atoms with van der Waals surface area (Å²) in [6.45, 7) is 10.1. The van der Waals surface area contributed by atoms with Crippen LogP contribution in [0.3, 0.4) is 0 Å². The van der Waals surface area contributed by atoms with Crippen LogP contribution in [-0.2, 0) is 13.2 Å². The van der Waals surface area contributed by atoms with E-state index in [1.165, 1.54) is 5.56 Å². The van der Waals surface area contributed by atoms with E-state index in [1.54, 1.807) is 6.07 Å². The normalized spacial score (nSPS) is 11.1. The first-order chi connectivity index (χ1) is 12.6. The number of halogens is 2. The summed E-state index contributed by atoms with van der Waals surface area (Å²) in [5.41, 5.74) is 2.14. The number of hydrogen-bond acceptors (Lipinski definition) is 3. The standard InChI is InChI=1S/C21H28Cl2N2O/c1-3-25(4-2)12-6-11-24-15-17-7-5-8-20(13-17)26-16-18-9-10-19(22)14-21(18)23/h5,7-10,13-14,24H,3-4,6,11-12,15-16H2,1-2H3. The highest BCUT2D eigenvalue weighted by molar-refractivity contribution is 6.35. The van der Waals surface area contributed by atoms with Crippen LogP contribution in [-0.4, -0.2) is 31.1 Å². The molecule has 2 rings (SSSR count). The van der Waals surface area contributed by atoms with Gasteiger partial charge in [0.15, 0.2) is 0 Å². The van der Waals surface area contributed by atoms with Gasteiger partial charge >= 0.3 is 0 Å². The Hall–Kier alpha value is -1.26. The third-order valence-electron chi connectivity index (χ3n) is 4.36. The molecule has 0 radical (unpaired) electrons. The van der Waals surface area contributed by atoms with Gasteiger partial charge in [-0.2, -0.15) is 0 Å². The molecular weight excluding hydrogens is 367 g/mol. The molecule has 0 spiro atoms. The zero-order valence-electron chi connectivity index (χ0n) is 15.6. The average molecular weight is 395 g/mol. The lowest BCUT2D eigenvalue weighted by Crippen LogP contribution is -2.27. The molecule has 142 valence electrons. The minimum absolute atomic E-state index is 0.427. The van der Waals surface area contributed by atoms with Gasteiger partial charge in [-0.15, -0.1) is 0 Å². The second-order valence-corrected chi connectivity index (χ2v) is 7.07. The van der Waals surface area contributed by atoms with E-state index in [0.717, 1.165) is 50.5 Å². The smallest absolute Gasteiger partial charge is 0.120 e. The van der Waals surface area contributed by atoms with E-state index in [1.807, 2.05) is 24.3 Å². The van der Waals surface area contributed by atoms with Crippen molar-refractivity contribution in [1.29, 1.82) is 0 Å². The Bertz CT molecular complexity index is 675. The molecule has 2 aromatic carbocycles. The zero-order valence-corrected chi connectivity index (χ0v) is 17.1. The van der Waals surface area contributed by atoms with Gasteiger partial charge in [-0.3, -0.25) is 0 Å². The number of ether oxygens (including phenoxy) is 1. The van der Waals surface area contributed by atoms with Crippen molar-refractivity contribution in [1.82, 2.24) is 10.2 Å². The fraction of sp³-hybridized carbons (Fsp3) is 0.429. The van der Waals surface area contributed by atoms with E-state index in [0.29, 0.717) is 16.7 Å². The van der Waals surface area contributed by atoms with Crippen LogP contribution in [0.25, 0.3) is 0 Å². The van der Waals surface area contributed by atoms with Crippen molar-refractivity contribution in [2.75, 3.05) is 26.2 Å². The van der Waals surface area contributed by atoms with Crippen LogP contribution in [0.5, 0.6) is 5.75 Å². The maximum atomic E-state index is 6.19. The van der Waals surface area contributed by atoms with Crippen LogP contribution in [0.15, 0.2) is 42.5 Å². The fourth-order valence-electron chi connectivity index (χ4n) is 2.75. The molecular formula is C21H28Cl2N2O. The molecule has 0 unspecified atom stereocenters. The molecule has 0 saturated heterocycles. The largest absolute Gasteiger partial charge is 0.489 e. The average Bonchev–Trinajstić information content (AvgIpc) is 2.64. The molecule has 0 heterocycles. The van der Waals surface area contributed by atoms with Crippen molar-refractivity contribution in [3.05, 3.63) is 63.6 Å². The Morgan fingerprint density at radius 2 is 1.85 bits per heavy atom. The molecule has 2 aromatic rings. The van der Waals surface area contributed by atoms with Gasteiger partial charge in [0.1, 0.15) is 12.4 Å². The van der Waals surface area contributed by atoms with Crippen molar-refractivity contribution in [2.45, 2.75) is 33.4 Å². The van der Waals surface area contributed by atoms with E-state index in [2.05, 4.69) is 36.2 Å². The first kappa shape index (κ1) is 21.0. The highest BCUT2D eigenvalue weighted by Gasteiger charge is 2.04. The van der Waals surface area contributed by atoms with Crippen molar-refractivity contribution in [3.63, 3.8) is 0 Å². The lowest BCUT2D eigenvalue weighted by atomic mass is 10.2. The third-order valence-corrected chi connectivity index (χ3v) is 4.95. The van der Waals surface area contributed by atoms with Gasteiger partial charge in [-0.25, -0.2) is 0 Å². The van der Waals surface area contributed by atoms with E-state index < -0.39 is 0 Å². The van der Waals surface area contributed by atoms with Crippen LogP contribution < -0.4 is 10.1 Å². The summed E-state index contributed by atoms with van der Waals surface area (Å²) >= 11 is 12.1. The molecule has 0 aliphatic heterocycles. The van der Waals surface area contributed by atoms with Crippen LogP contribution in [0.2, 0.25) is 10.0 Å². The summed E-state index contributed by atoms with van der Waals surface area (Å²) in [6, 6.07) is 13.6. The van der Waals surface area contributed by atoms with E-state index in [-0.39, 0.29) is 0 Å². The lowest BCUT2D eigenvalue weighted by molar-refractivity contribution is 0.297. The van der Waals surface area contributed by atoms with E-state index in [4.69, 9.17) is 27.9 Å². The zero-order chi connectivity index (χ0) is 18.8. The quantitative estimate of drug-likeness (QED) is 0.516. The molecule has 26 heavy (non-hydrogen) atoms. The van der Waals surface area contributed by atoms with Crippen molar-refractivity contribution >= 4 is 23.2 Å². The van der Waals surface area contributed by atoms with Gasteiger partial charge in [0.25, 0.3) is 0 Å². The molecule has 0 aliphatic carbocycles. The molecule has 5 heteroatoms. The van der Waals surface area contributed by atoms with Crippen LogP contribution in [0, 0.1) is 0 Å². The Morgan fingerprint density at radius 1 is 1.04 bits per heavy atom. The van der Waals surface area contributed by atoms with Gasteiger partial charge in [-0.05, 0) is 62.4 Å². The summed E-state index contributed by atoms with van der Waals surface area (Å²) in [6.07, 6.45) is 1.16. The van der Waals surface area contributed by atoms with Gasteiger partial charge in [0.2, 0.25) is 0 Å². The molecule has 0 amide bonds. The summed E-state index contributed by atoms with van der Waals surface area (Å²) in [5.74, 6) is 0.846. The third kappa shape index (κ3) is 7.16. The molecule has 0 aromatic heterocycles. The van der Waals surface area contributed by atoms with Gasteiger partial charge < -0.3 is 15.0 Å². The Labute approximate surface area is 167 Å². The second-order valence-electron chi connectivity index (χ2n) is 6.23. The lowest BCUT2D eigenvalue weighted by Gasteiger charge is -2.17. The fourth-order valence-corrected chi connectivity index (χ4v) is 3.21. The minimum Gasteiger partial charge on any atom is -0.489 e. The van der Waals surface area contributed by atoms with Crippen LogP contribution >= 0.6 is 23.2 Å². The number of hydrogen-bond donors (Lipinski definition) is 1. The highest BCUT2D eigenvalue weighted by Crippen LogP contribution is 2.23. The number of benzene rings is 2. The molecule has 1 N–H and O–H groups in total. The molecule has 0 aliphatic rings. The molecule has 0 bridgehead atoms. The monoisotopic (exact) mass is 394 g/mol. The number of nitrogens with one attached hydrogen (secondary N) is 1. The SMILES string of the molecule is CCN(CC)CCCNCc1cccc(OCc2ccc(Cl)cc2Cl)c1. The van der Waals surface area contributed by atoms with Crippen LogP contribution in [0.4, 0.5) is 0 Å². The topological polar surface area (TPSA) is 24.5 Å². The predicted octanol–water partition coefficient (Wildman–Crippen LogP) is 5.39. The first-order valence-electron chi connectivity index (χ1n) is 9.21. The highest BCUT2D eigenvalue weighted by atomic mass is 35.5. The molecule has 0 saturated carbocycles. The molecule has 3 nitrogen and oxygen atoms in total. The minimum atomic E-state index is 0.427. The maximum absolute atomic E-state index is 6.19. The second kappa shape index (κ2) is 11.5. The summed E-state index contributed by atoms with van der Waals surface area (Å²) in [4.78, 5) is 2.44. The van der Waals surface area contributed by atoms with E-state index >= 15 is 0 Å². The van der Waals surface area contributed by atoms with Gasteiger partial charge in [0, 0.05) is 22.2 Å². The first-order valence-corrected chi connectivity index (χ1v) is 9.96. The van der Waals surface area contributed by atoms with Crippen LogP contribution in [0.1, 0.15) is 31.4 Å². The Balaban J connectivity index is 1.76. The summed E-state index contributed by atoms with van der Waals surface area (Å²) in [7, 11) is 0. The Morgan fingerprint density at radius 3 is 2.58 bits per heavy atom. The summed E-state index contributed by atoms with van der Waals surface area (Å²) < 4.78 is 5.88. The van der Waals surface area contributed by atoms with Crippen molar-refractivity contribution < 1.29 is 4.74 Å². The Kier molecular flexibility index (Phi) is 9.27. The molecule has 0 fully saturated rings. The molecule has 0 atom stereocenters. The number of rotatable bonds is 11. The van der Waals surface area contributed by atoms with Gasteiger partial charge in [-0.1, -0.05) is 55.2 Å².